The van der Waals surface area contributed by atoms with Gasteiger partial charge in [0.1, 0.15) is 5.25 Å². The molecule has 0 aliphatic heterocycles. The Kier molecular flexibility index (Phi) is 4.66. The summed E-state index contributed by atoms with van der Waals surface area (Å²) in [5.74, 6) is -0.780. The van der Waals surface area contributed by atoms with Crippen molar-refractivity contribution >= 4 is 33.0 Å². The first-order valence-electron chi connectivity index (χ1n) is 5.57. The van der Waals surface area contributed by atoms with Crippen LogP contribution in [0.15, 0.2) is 24.3 Å². The van der Waals surface area contributed by atoms with Crippen molar-refractivity contribution in [2.45, 2.75) is 19.1 Å². The van der Waals surface area contributed by atoms with Crippen molar-refractivity contribution < 1.29 is 18.0 Å². The van der Waals surface area contributed by atoms with E-state index in [9.17, 15) is 18.0 Å². The summed E-state index contributed by atoms with van der Waals surface area (Å²) in [5.41, 5.74) is 1.07. The summed E-state index contributed by atoms with van der Waals surface area (Å²) in [6.07, 6.45) is 1.01. The van der Waals surface area contributed by atoms with Gasteiger partial charge in [-0.15, -0.1) is 0 Å². The molecule has 1 aromatic rings. The van der Waals surface area contributed by atoms with E-state index in [0.717, 1.165) is 6.26 Å². The predicted octanol–water partition coefficient (Wildman–Crippen LogP) is 1.02. The third kappa shape index (κ3) is 4.70. The summed E-state index contributed by atoms with van der Waals surface area (Å²) in [6.45, 7) is 2.72. The lowest BCUT2D eigenvalue weighted by Crippen LogP contribution is -2.31. The molecular formula is C12H16N2O4S. The fourth-order valence-corrected chi connectivity index (χ4v) is 1.73. The number of carbonyl (C=O) groups excluding carboxylic acids is 2. The van der Waals surface area contributed by atoms with Gasteiger partial charge in [0.25, 0.3) is 0 Å². The fourth-order valence-electron chi connectivity index (χ4n) is 1.28. The Morgan fingerprint density at radius 3 is 1.84 bits per heavy atom. The lowest BCUT2D eigenvalue weighted by Gasteiger charge is -2.11. The van der Waals surface area contributed by atoms with Crippen molar-refractivity contribution in [2.24, 2.45) is 0 Å². The number of hydrogen-bond acceptors (Lipinski definition) is 4. The Hall–Kier alpha value is -1.89. The van der Waals surface area contributed by atoms with Crippen LogP contribution in [0, 0.1) is 0 Å². The maximum absolute atomic E-state index is 11.7. The van der Waals surface area contributed by atoms with Gasteiger partial charge >= 0.3 is 0 Å². The number of nitrogens with one attached hydrogen (secondary N) is 2. The lowest BCUT2D eigenvalue weighted by atomic mass is 10.2. The van der Waals surface area contributed by atoms with Crippen LogP contribution in [0.3, 0.4) is 0 Å². The SMILES string of the molecule is CC(=O)Nc1ccc(NC(=O)[C@@H](C)S(C)(=O)=O)cc1. The van der Waals surface area contributed by atoms with Crippen molar-refractivity contribution in [3.8, 4) is 0 Å². The van der Waals surface area contributed by atoms with E-state index in [-0.39, 0.29) is 5.91 Å². The first-order chi connectivity index (χ1) is 8.70. The molecule has 2 N–H and O–H groups in total. The molecule has 0 saturated carbocycles. The molecule has 0 spiro atoms. The molecule has 0 unspecified atom stereocenters. The highest BCUT2D eigenvalue weighted by molar-refractivity contribution is 7.92. The zero-order valence-corrected chi connectivity index (χ0v) is 11.7. The van der Waals surface area contributed by atoms with Crippen molar-refractivity contribution in [3.05, 3.63) is 24.3 Å². The third-order valence-electron chi connectivity index (χ3n) is 2.48. The van der Waals surface area contributed by atoms with Gasteiger partial charge in [0, 0.05) is 24.6 Å². The van der Waals surface area contributed by atoms with Crippen LogP contribution in [0.4, 0.5) is 11.4 Å². The molecule has 1 aromatic carbocycles. The normalized spacial score (nSPS) is 12.6. The largest absolute Gasteiger partial charge is 0.326 e. The highest BCUT2D eigenvalue weighted by Gasteiger charge is 2.23. The molecule has 0 aliphatic carbocycles. The van der Waals surface area contributed by atoms with Crippen LogP contribution in [0.25, 0.3) is 0 Å². The monoisotopic (exact) mass is 284 g/mol. The van der Waals surface area contributed by atoms with E-state index in [2.05, 4.69) is 10.6 Å². The van der Waals surface area contributed by atoms with E-state index in [4.69, 9.17) is 0 Å². The van der Waals surface area contributed by atoms with Gasteiger partial charge in [-0.2, -0.15) is 0 Å². The van der Waals surface area contributed by atoms with Crippen LogP contribution in [0.1, 0.15) is 13.8 Å². The van der Waals surface area contributed by atoms with E-state index in [1.165, 1.54) is 13.8 Å². The van der Waals surface area contributed by atoms with E-state index in [0.29, 0.717) is 11.4 Å². The van der Waals surface area contributed by atoms with Gasteiger partial charge in [0.05, 0.1) is 0 Å². The minimum atomic E-state index is -3.42. The number of anilines is 2. The molecule has 6 nitrogen and oxygen atoms in total. The van der Waals surface area contributed by atoms with Gasteiger partial charge in [-0.05, 0) is 31.2 Å². The summed E-state index contributed by atoms with van der Waals surface area (Å²) in [4.78, 5) is 22.5. The zero-order valence-electron chi connectivity index (χ0n) is 10.9. The van der Waals surface area contributed by atoms with E-state index in [1.54, 1.807) is 24.3 Å². The van der Waals surface area contributed by atoms with Crippen molar-refractivity contribution in [1.29, 1.82) is 0 Å². The Balaban J connectivity index is 2.73. The molecule has 2 amide bonds. The van der Waals surface area contributed by atoms with Gasteiger partial charge in [-0.1, -0.05) is 0 Å². The highest BCUT2D eigenvalue weighted by Crippen LogP contribution is 2.14. The summed E-state index contributed by atoms with van der Waals surface area (Å²) in [6, 6.07) is 6.39. The predicted molar refractivity (Wildman–Crippen MR) is 73.7 cm³/mol. The molecule has 0 bridgehead atoms. The number of carbonyl (C=O) groups is 2. The standard InChI is InChI=1S/C12H16N2O4S/c1-8(19(3,17)18)12(16)14-11-6-4-10(5-7-11)13-9(2)15/h4-8H,1-3H3,(H,13,15)(H,14,16)/t8-/m1/s1. The maximum Gasteiger partial charge on any atom is 0.242 e. The van der Waals surface area contributed by atoms with Crippen molar-refractivity contribution in [3.63, 3.8) is 0 Å². The van der Waals surface area contributed by atoms with Crippen molar-refractivity contribution in [2.75, 3.05) is 16.9 Å². The molecular weight excluding hydrogens is 268 g/mol. The molecule has 104 valence electrons. The zero-order chi connectivity index (χ0) is 14.6. The minimum absolute atomic E-state index is 0.192. The molecule has 0 saturated heterocycles. The van der Waals surface area contributed by atoms with E-state index < -0.39 is 21.0 Å². The third-order valence-corrected chi connectivity index (χ3v) is 3.98. The number of benzene rings is 1. The average Bonchev–Trinajstić information content (AvgIpc) is 2.28. The van der Waals surface area contributed by atoms with Crippen LogP contribution >= 0.6 is 0 Å². The number of sulfone groups is 1. The first kappa shape index (κ1) is 15.2. The van der Waals surface area contributed by atoms with Gasteiger partial charge in [-0.3, -0.25) is 9.59 Å². The Morgan fingerprint density at radius 2 is 1.47 bits per heavy atom. The lowest BCUT2D eigenvalue weighted by molar-refractivity contribution is -0.116. The molecule has 7 heteroatoms. The van der Waals surface area contributed by atoms with E-state index >= 15 is 0 Å². The molecule has 0 aliphatic rings. The van der Waals surface area contributed by atoms with Gasteiger partial charge in [-0.25, -0.2) is 8.42 Å². The minimum Gasteiger partial charge on any atom is -0.326 e. The Labute approximate surface area is 112 Å². The topological polar surface area (TPSA) is 92.3 Å². The number of hydrogen-bond donors (Lipinski definition) is 2. The number of rotatable bonds is 4. The molecule has 19 heavy (non-hydrogen) atoms. The molecule has 1 rings (SSSR count). The molecule has 0 aromatic heterocycles. The summed E-state index contributed by atoms with van der Waals surface area (Å²) in [5, 5.41) is 3.97. The second-order valence-electron chi connectivity index (χ2n) is 4.22. The van der Waals surface area contributed by atoms with Gasteiger partial charge in [0.15, 0.2) is 9.84 Å². The summed E-state index contributed by atoms with van der Waals surface area (Å²) < 4.78 is 22.5. The quantitative estimate of drug-likeness (QED) is 0.863. The average molecular weight is 284 g/mol. The second-order valence-corrected chi connectivity index (χ2v) is 6.59. The second kappa shape index (κ2) is 5.83. The fraction of sp³-hybridized carbons (Fsp3) is 0.333. The van der Waals surface area contributed by atoms with Crippen LogP contribution in [-0.4, -0.2) is 31.7 Å². The van der Waals surface area contributed by atoms with Crippen LogP contribution in [0.5, 0.6) is 0 Å². The summed E-state index contributed by atoms with van der Waals surface area (Å²) >= 11 is 0. The smallest absolute Gasteiger partial charge is 0.242 e. The Morgan fingerprint density at radius 1 is 1.05 bits per heavy atom. The van der Waals surface area contributed by atoms with Crippen molar-refractivity contribution in [1.82, 2.24) is 0 Å². The van der Waals surface area contributed by atoms with Crippen LogP contribution in [0.2, 0.25) is 0 Å². The molecule has 0 heterocycles. The number of amides is 2. The van der Waals surface area contributed by atoms with Crippen LogP contribution < -0.4 is 10.6 Å². The van der Waals surface area contributed by atoms with Gasteiger partial charge < -0.3 is 10.6 Å². The van der Waals surface area contributed by atoms with Gasteiger partial charge in [0.2, 0.25) is 11.8 Å². The first-order valence-corrected chi connectivity index (χ1v) is 7.53. The highest BCUT2D eigenvalue weighted by atomic mass is 32.2. The molecule has 1 atom stereocenters. The Bertz CT molecular complexity index is 578. The maximum atomic E-state index is 11.7. The summed E-state index contributed by atoms with van der Waals surface area (Å²) in [7, 11) is -3.42. The van der Waals surface area contributed by atoms with E-state index in [1.807, 2.05) is 0 Å². The van der Waals surface area contributed by atoms with Crippen LogP contribution in [-0.2, 0) is 19.4 Å². The molecule has 0 radical (unpaired) electrons. The molecule has 0 fully saturated rings.